The van der Waals surface area contributed by atoms with Crippen molar-refractivity contribution in [3.05, 3.63) is 125 Å². The lowest BCUT2D eigenvalue weighted by atomic mass is 9.67. The first-order chi connectivity index (χ1) is 19.3. The Morgan fingerprint density at radius 2 is 1.60 bits per heavy atom. The molecule has 4 aromatic carbocycles. The predicted octanol–water partition coefficient (Wildman–Crippen LogP) is 7.18. The molecule has 1 heterocycles. The van der Waals surface area contributed by atoms with Gasteiger partial charge in [0.1, 0.15) is 11.5 Å². The summed E-state index contributed by atoms with van der Waals surface area (Å²) in [5, 5.41) is 16.3. The van der Waals surface area contributed by atoms with Gasteiger partial charge < -0.3 is 15.2 Å². The first-order valence-corrected chi connectivity index (χ1v) is 13.5. The van der Waals surface area contributed by atoms with E-state index in [0.29, 0.717) is 40.8 Å². The van der Waals surface area contributed by atoms with Crippen LogP contribution in [0.4, 0.5) is 0 Å². The average Bonchev–Trinajstić information content (AvgIpc) is 2.96. The Kier molecular flexibility index (Phi) is 6.30. The number of phenols is 1. The fourth-order valence-corrected chi connectivity index (χ4v) is 6.08. The molecule has 2 N–H and O–H groups in total. The molecule has 5 heteroatoms. The third-order valence-electron chi connectivity index (χ3n) is 7.94. The lowest BCUT2D eigenvalue weighted by molar-refractivity contribution is -0.118. The fourth-order valence-electron chi connectivity index (χ4n) is 6.08. The first kappa shape index (κ1) is 25.6. The van der Waals surface area contributed by atoms with Crippen LogP contribution in [0.15, 0.2) is 108 Å². The summed E-state index contributed by atoms with van der Waals surface area (Å²) in [6.45, 7) is 4.19. The van der Waals surface area contributed by atoms with E-state index in [1.54, 1.807) is 19.2 Å². The smallest absolute Gasteiger partial charge is 0.195 e. The molecular weight excluding hydrogens is 498 g/mol. The van der Waals surface area contributed by atoms with Crippen LogP contribution < -0.4 is 10.1 Å². The number of benzene rings is 4. The van der Waals surface area contributed by atoms with Crippen molar-refractivity contribution in [2.75, 3.05) is 7.11 Å². The Hall–Kier alpha value is -4.64. The minimum atomic E-state index is -0.612. The number of nitrogens with one attached hydrogen (secondary N) is 1. The summed E-state index contributed by atoms with van der Waals surface area (Å²) in [6, 6.07) is 28.2. The SMILES string of the molecule is COc1ccc(C2C3=C(CC(C)(C)CC3=O)NC(c3ccccc3)=C2C(=O)c2ccc3ccccc3c2O)cc1. The molecule has 0 fully saturated rings. The van der Waals surface area contributed by atoms with Crippen molar-refractivity contribution in [2.45, 2.75) is 32.6 Å². The molecule has 40 heavy (non-hydrogen) atoms. The minimum absolute atomic E-state index is 0.0275. The van der Waals surface area contributed by atoms with Crippen molar-refractivity contribution >= 4 is 28.0 Å². The number of aromatic hydroxyl groups is 1. The molecule has 0 spiro atoms. The van der Waals surface area contributed by atoms with Crippen molar-refractivity contribution in [3.8, 4) is 11.5 Å². The number of hydrogen-bond acceptors (Lipinski definition) is 5. The maximum atomic E-state index is 14.6. The van der Waals surface area contributed by atoms with Crippen molar-refractivity contribution in [2.24, 2.45) is 5.41 Å². The second-order valence-corrected chi connectivity index (χ2v) is 11.3. The van der Waals surface area contributed by atoms with Gasteiger partial charge >= 0.3 is 0 Å². The lowest BCUT2D eigenvalue weighted by Crippen LogP contribution is -2.38. The summed E-state index contributed by atoms with van der Waals surface area (Å²) in [4.78, 5) is 28.5. The second-order valence-electron chi connectivity index (χ2n) is 11.3. The molecule has 1 aliphatic heterocycles. The number of fused-ring (bicyclic) bond motifs is 1. The van der Waals surface area contributed by atoms with Gasteiger partial charge in [0.2, 0.25) is 0 Å². The second kappa shape index (κ2) is 9.83. The largest absolute Gasteiger partial charge is 0.507 e. The predicted molar refractivity (Wildman–Crippen MR) is 157 cm³/mol. The van der Waals surface area contributed by atoms with Gasteiger partial charge in [-0.05, 0) is 46.5 Å². The van der Waals surface area contributed by atoms with Gasteiger partial charge in [0, 0.05) is 34.6 Å². The van der Waals surface area contributed by atoms with E-state index in [4.69, 9.17) is 4.74 Å². The van der Waals surface area contributed by atoms with Crippen LogP contribution >= 0.6 is 0 Å². The van der Waals surface area contributed by atoms with Crippen molar-refractivity contribution in [3.63, 3.8) is 0 Å². The summed E-state index contributed by atoms with van der Waals surface area (Å²) in [5.74, 6) is -0.277. The molecule has 2 aliphatic rings. The molecule has 0 radical (unpaired) electrons. The summed E-state index contributed by atoms with van der Waals surface area (Å²) < 4.78 is 5.40. The van der Waals surface area contributed by atoms with Crippen LogP contribution in [0.1, 0.15) is 54.1 Å². The van der Waals surface area contributed by atoms with E-state index in [0.717, 1.165) is 22.2 Å². The number of dihydropyridines is 1. The molecule has 5 nitrogen and oxygen atoms in total. The van der Waals surface area contributed by atoms with Gasteiger partial charge in [-0.15, -0.1) is 0 Å². The van der Waals surface area contributed by atoms with E-state index in [1.165, 1.54) is 0 Å². The van der Waals surface area contributed by atoms with Gasteiger partial charge in [-0.3, -0.25) is 9.59 Å². The van der Waals surface area contributed by atoms with Crippen LogP contribution in [-0.4, -0.2) is 23.8 Å². The molecule has 0 saturated heterocycles. The van der Waals surface area contributed by atoms with Crippen molar-refractivity contribution in [1.82, 2.24) is 5.32 Å². The zero-order chi connectivity index (χ0) is 28.0. The highest BCUT2D eigenvalue weighted by atomic mass is 16.5. The average molecular weight is 530 g/mol. The summed E-state index contributed by atoms with van der Waals surface area (Å²) in [6.07, 6.45) is 1.07. The number of ketones is 2. The third kappa shape index (κ3) is 4.37. The highest BCUT2D eigenvalue weighted by Gasteiger charge is 2.44. The molecule has 0 amide bonds. The van der Waals surface area contributed by atoms with Crippen LogP contribution in [0.5, 0.6) is 11.5 Å². The number of methoxy groups -OCH3 is 1. The Morgan fingerprint density at radius 1 is 0.900 bits per heavy atom. The van der Waals surface area contributed by atoms with Crippen LogP contribution in [0.3, 0.4) is 0 Å². The van der Waals surface area contributed by atoms with Crippen molar-refractivity contribution in [1.29, 1.82) is 0 Å². The molecule has 1 atom stereocenters. The molecule has 1 unspecified atom stereocenters. The molecule has 200 valence electrons. The molecule has 4 aromatic rings. The van der Waals surface area contributed by atoms with E-state index in [9.17, 15) is 14.7 Å². The molecule has 0 bridgehead atoms. The fraction of sp³-hybridized carbons (Fsp3) is 0.200. The normalized spacial score (nSPS) is 18.4. The maximum absolute atomic E-state index is 14.6. The van der Waals surface area contributed by atoms with E-state index >= 15 is 0 Å². The number of carbonyl (C=O) groups is 2. The molecular formula is C35H31NO4. The quantitative estimate of drug-likeness (QED) is 0.268. The van der Waals surface area contributed by atoms with Gasteiger partial charge in [0.15, 0.2) is 11.6 Å². The highest BCUT2D eigenvalue weighted by molar-refractivity contribution is 6.19. The van der Waals surface area contributed by atoms with E-state index in [-0.39, 0.29) is 28.3 Å². The number of allylic oxidation sites excluding steroid dienone is 3. The highest BCUT2D eigenvalue weighted by Crippen LogP contribution is 2.49. The van der Waals surface area contributed by atoms with Crippen molar-refractivity contribution < 1.29 is 19.4 Å². The first-order valence-electron chi connectivity index (χ1n) is 13.5. The number of carbonyl (C=O) groups excluding carboxylic acids is 2. The maximum Gasteiger partial charge on any atom is 0.195 e. The van der Waals surface area contributed by atoms with Gasteiger partial charge in [-0.1, -0.05) is 86.6 Å². The van der Waals surface area contributed by atoms with Gasteiger partial charge in [-0.2, -0.15) is 0 Å². The Bertz CT molecular complexity index is 1710. The number of Topliss-reactive ketones (excluding diaryl/α,β-unsaturated/α-hetero) is 2. The molecule has 1 aliphatic carbocycles. The van der Waals surface area contributed by atoms with E-state index in [1.807, 2.05) is 78.9 Å². The van der Waals surface area contributed by atoms with Crippen LogP contribution in [0.2, 0.25) is 0 Å². The minimum Gasteiger partial charge on any atom is -0.507 e. The van der Waals surface area contributed by atoms with Crippen LogP contribution in [0.25, 0.3) is 16.5 Å². The van der Waals surface area contributed by atoms with Crippen LogP contribution in [0, 0.1) is 5.41 Å². The summed E-state index contributed by atoms with van der Waals surface area (Å²) in [5.41, 5.74) is 4.21. The van der Waals surface area contributed by atoms with Gasteiger partial charge in [-0.25, -0.2) is 0 Å². The number of ether oxygens (including phenoxy) is 1. The number of phenolic OH excluding ortho intramolecular Hbond substituents is 1. The Morgan fingerprint density at radius 3 is 2.33 bits per heavy atom. The Labute approximate surface area is 233 Å². The van der Waals surface area contributed by atoms with Crippen LogP contribution in [-0.2, 0) is 4.79 Å². The zero-order valence-corrected chi connectivity index (χ0v) is 22.8. The molecule has 6 rings (SSSR count). The Balaban J connectivity index is 1.63. The van der Waals surface area contributed by atoms with Gasteiger partial charge in [0.25, 0.3) is 0 Å². The molecule has 0 aromatic heterocycles. The molecule has 0 saturated carbocycles. The number of hydrogen-bond donors (Lipinski definition) is 2. The van der Waals surface area contributed by atoms with Gasteiger partial charge in [0.05, 0.1) is 18.4 Å². The van der Waals surface area contributed by atoms with E-state index < -0.39 is 5.92 Å². The topological polar surface area (TPSA) is 75.6 Å². The summed E-state index contributed by atoms with van der Waals surface area (Å²) in [7, 11) is 1.61. The monoisotopic (exact) mass is 529 g/mol. The van der Waals surface area contributed by atoms with E-state index in [2.05, 4.69) is 19.2 Å². The zero-order valence-electron chi connectivity index (χ0n) is 22.8. The lowest BCUT2D eigenvalue weighted by Gasteiger charge is -2.40. The summed E-state index contributed by atoms with van der Waals surface area (Å²) >= 11 is 0. The standard InChI is InChI=1S/C35H31NO4/c1-35(2)19-27-30(28(37)20-35)29(22-13-16-24(40-3)17-14-22)31(32(36-27)23-10-5-4-6-11-23)34(39)26-18-15-21-9-7-8-12-25(21)33(26)38/h4-18,29,36,38H,19-20H2,1-3H3. The third-order valence-corrected chi connectivity index (χ3v) is 7.94. The number of rotatable bonds is 5.